The SMILES string of the molecule is CC1CCC(CN)CN1Cc1ccc(O)cc1O. The van der Waals surface area contributed by atoms with Crippen LogP contribution in [0.1, 0.15) is 25.3 Å². The van der Waals surface area contributed by atoms with Gasteiger partial charge in [0.15, 0.2) is 0 Å². The molecule has 4 nitrogen and oxygen atoms in total. The van der Waals surface area contributed by atoms with Crippen LogP contribution in [-0.4, -0.2) is 34.2 Å². The minimum atomic E-state index is 0.0998. The van der Waals surface area contributed by atoms with E-state index >= 15 is 0 Å². The Morgan fingerprint density at radius 3 is 2.78 bits per heavy atom. The third-order valence-corrected chi connectivity index (χ3v) is 3.88. The normalized spacial score (nSPS) is 25.2. The van der Waals surface area contributed by atoms with E-state index in [1.54, 1.807) is 12.1 Å². The van der Waals surface area contributed by atoms with Gasteiger partial charge < -0.3 is 15.9 Å². The first kappa shape index (κ1) is 13.2. The first-order valence-electron chi connectivity index (χ1n) is 6.55. The number of aromatic hydroxyl groups is 2. The molecule has 100 valence electrons. The monoisotopic (exact) mass is 250 g/mol. The molecule has 1 aromatic carbocycles. The molecule has 1 aliphatic heterocycles. The fourth-order valence-corrected chi connectivity index (χ4v) is 2.58. The molecule has 0 spiro atoms. The number of piperidine rings is 1. The fourth-order valence-electron chi connectivity index (χ4n) is 2.58. The van der Waals surface area contributed by atoms with Crippen molar-refractivity contribution in [1.82, 2.24) is 4.90 Å². The first-order valence-corrected chi connectivity index (χ1v) is 6.55. The van der Waals surface area contributed by atoms with Gasteiger partial charge in [-0.05, 0) is 38.3 Å². The molecule has 1 aromatic rings. The molecule has 4 N–H and O–H groups in total. The Labute approximate surface area is 108 Å². The van der Waals surface area contributed by atoms with Crippen molar-refractivity contribution >= 4 is 0 Å². The van der Waals surface area contributed by atoms with Gasteiger partial charge in [-0.1, -0.05) is 6.07 Å². The van der Waals surface area contributed by atoms with Crippen LogP contribution in [-0.2, 0) is 6.54 Å². The van der Waals surface area contributed by atoms with Crippen molar-refractivity contribution in [2.24, 2.45) is 11.7 Å². The third-order valence-electron chi connectivity index (χ3n) is 3.88. The molecule has 2 rings (SSSR count). The van der Waals surface area contributed by atoms with Crippen LogP contribution in [0.4, 0.5) is 0 Å². The Balaban J connectivity index is 2.07. The average Bonchev–Trinajstić information content (AvgIpc) is 2.35. The molecular formula is C14H22N2O2. The Morgan fingerprint density at radius 1 is 1.33 bits per heavy atom. The van der Waals surface area contributed by atoms with Gasteiger partial charge in [0.2, 0.25) is 0 Å². The highest BCUT2D eigenvalue weighted by atomic mass is 16.3. The molecular weight excluding hydrogens is 228 g/mol. The predicted octanol–water partition coefficient (Wildman–Crippen LogP) is 1.66. The lowest BCUT2D eigenvalue weighted by Gasteiger charge is -2.37. The standard InChI is InChI=1S/C14H22N2O2/c1-10-2-3-11(7-15)8-16(10)9-12-4-5-13(17)6-14(12)18/h4-6,10-11,17-18H,2-3,7-9,15H2,1H3. The second-order valence-corrected chi connectivity index (χ2v) is 5.27. The van der Waals surface area contributed by atoms with Gasteiger partial charge >= 0.3 is 0 Å². The maximum absolute atomic E-state index is 9.82. The fraction of sp³-hybridized carbons (Fsp3) is 0.571. The maximum Gasteiger partial charge on any atom is 0.123 e. The number of phenolic OH excluding ortho intramolecular Hbond substituents is 2. The summed E-state index contributed by atoms with van der Waals surface area (Å²) in [7, 11) is 0. The van der Waals surface area contributed by atoms with Gasteiger partial charge in [0.05, 0.1) is 0 Å². The zero-order valence-corrected chi connectivity index (χ0v) is 10.8. The zero-order valence-electron chi connectivity index (χ0n) is 10.8. The van der Waals surface area contributed by atoms with E-state index in [0.717, 1.165) is 25.1 Å². The van der Waals surface area contributed by atoms with E-state index in [9.17, 15) is 10.2 Å². The molecule has 4 heteroatoms. The summed E-state index contributed by atoms with van der Waals surface area (Å²) in [5.41, 5.74) is 6.60. The quantitative estimate of drug-likeness (QED) is 0.763. The average molecular weight is 250 g/mol. The lowest BCUT2D eigenvalue weighted by molar-refractivity contribution is 0.112. The topological polar surface area (TPSA) is 69.7 Å². The molecule has 1 fully saturated rings. The van der Waals surface area contributed by atoms with Crippen LogP contribution in [0.3, 0.4) is 0 Å². The molecule has 2 atom stereocenters. The number of rotatable bonds is 3. The summed E-state index contributed by atoms with van der Waals surface area (Å²) in [6, 6.07) is 5.30. The highest BCUT2D eigenvalue weighted by molar-refractivity contribution is 5.38. The summed E-state index contributed by atoms with van der Waals surface area (Å²) in [4.78, 5) is 2.35. The summed E-state index contributed by atoms with van der Waals surface area (Å²) in [5, 5.41) is 19.1. The van der Waals surface area contributed by atoms with Crippen LogP contribution >= 0.6 is 0 Å². The van der Waals surface area contributed by atoms with Crippen molar-refractivity contribution in [3.63, 3.8) is 0 Å². The van der Waals surface area contributed by atoms with Crippen molar-refractivity contribution < 1.29 is 10.2 Å². The lowest BCUT2D eigenvalue weighted by atomic mass is 9.93. The van der Waals surface area contributed by atoms with Crippen LogP contribution in [0.15, 0.2) is 18.2 Å². The Hall–Kier alpha value is -1.26. The smallest absolute Gasteiger partial charge is 0.123 e. The van der Waals surface area contributed by atoms with E-state index in [1.807, 2.05) is 0 Å². The summed E-state index contributed by atoms with van der Waals surface area (Å²) in [6.07, 6.45) is 2.34. The minimum absolute atomic E-state index is 0.0998. The molecule has 1 aliphatic rings. The van der Waals surface area contributed by atoms with E-state index in [0.29, 0.717) is 18.5 Å². The van der Waals surface area contributed by atoms with Crippen molar-refractivity contribution in [2.75, 3.05) is 13.1 Å². The predicted molar refractivity (Wildman–Crippen MR) is 71.4 cm³/mol. The second kappa shape index (κ2) is 5.59. The summed E-state index contributed by atoms with van der Waals surface area (Å²) in [5.74, 6) is 0.820. The van der Waals surface area contributed by atoms with Gasteiger partial charge in [-0.15, -0.1) is 0 Å². The van der Waals surface area contributed by atoms with E-state index in [2.05, 4.69) is 11.8 Å². The number of phenols is 2. The summed E-state index contributed by atoms with van der Waals surface area (Å²) in [6.45, 7) is 4.64. The number of hydrogen-bond acceptors (Lipinski definition) is 4. The molecule has 0 saturated carbocycles. The van der Waals surface area contributed by atoms with Gasteiger partial charge in [-0.3, -0.25) is 4.90 Å². The highest BCUT2D eigenvalue weighted by Gasteiger charge is 2.25. The van der Waals surface area contributed by atoms with Crippen molar-refractivity contribution in [3.05, 3.63) is 23.8 Å². The molecule has 0 bridgehead atoms. The molecule has 1 saturated heterocycles. The Bertz CT molecular complexity index is 409. The Morgan fingerprint density at radius 2 is 2.11 bits per heavy atom. The molecule has 0 amide bonds. The summed E-state index contributed by atoms with van der Waals surface area (Å²) >= 11 is 0. The number of nitrogens with zero attached hydrogens (tertiary/aromatic N) is 1. The molecule has 2 unspecified atom stereocenters. The Kier molecular flexibility index (Phi) is 4.09. The third kappa shape index (κ3) is 2.94. The van der Waals surface area contributed by atoms with Crippen molar-refractivity contribution in [1.29, 1.82) is 0 Å². The summed E-state index contributed by atoms with van der Waals surface area (Å²) < 4.78 is 0. The van der Waals surface area contributed by atoms with Crippen LogP contribution < -0.4 is 5.73 Å². The van der Waals surface area contributed by atoms with E-state index < -0.39 is 0 Å². The van der Waals surface area contributed by atoms with E-state index in [4.69, 9.17) is 5.73 Å². The second-order valence-electron chi connectivity index (χ2n) is 5.27. The van der Waals surface area contributed by atoms with Gasteiger partial charge in [0.25, 0.3) is 0 Å². The van der Waals surface area contributed by atoms with Crippen molar-refractivity contribution in [3.8, 4) is 11.5 Å². The van der Waals surface area contributed by atoms with Crippen LogP contribution in [0, 0.1) is 5.92 Å². The van der Waals surface area contributed by atoms with Crippen LogP contribution in [0.5, 0.6) is 11.5 Å². The van der Waals surface area contributed by atoms with Gasteiger partial charge in [0, 0.05) is 30.8 Å². The molecule has 0 aliphatic carbocycles. The van der Waals surface area contributed by atoms with Gasteiger partial charge in [-0.2, -0.15) is 0 Å². The number of benzene rings is 1. The minimum Gasteiger partial charge on any atom is -0.508 e. The highest BCUT2D eigenvalue weighted by Crippen LogP contribution is 2.28. The lowest BCUT2D eigenvalue weighted by Crippen LogP contribution is -2.43. The number of hydrogen-bond donors (Lipinski definition) is 3. The van der Waals surface area contributed by atoms with Gasteiger partial charge in [-0.25, -0.2) is 0 Å². The molecule has 18 heavy (non-hydrogen) atoms. The zero-order chi connectivity index (χ0) is 13.1. The van der Waals surface area contributed by atoms with Crippen LogP contribution in [0.2, 0.25) is 0 Å². The van der Waals surface area contributed by atoms with Gasteiger partial charge in [0.1, 0.15) is 11.5 Å². The number of nitrogens with two attached hydrogens (primary N) is 1. The van der Waals surface area contributed by atoms with Crippen LogP contribution in [0.25, 0.3) is 0 Å². The van der Waals surface area contributed by atoms with Crippen molar-refractivity contribution in [2.45, 2.75) is 32.4 Å². The van der Waals surface area contributed by atoms with E-state index in [1.165, 1.54) is 12.5 Å². The first-order chi connectivity index (χ1) is 8.60. The molecule has 0 aromatic heterocycles. The molecule has 0 radical (unpaired) electrons. The maximum atomic E-state index is 9.82. The number of likely N-dealkylation sites (tertiary alicyclic amines) is 1. The molecule has 1 heterocycles. The van der Waals surface area contributed by atoms with E-state index in [-0.39, 0.29) is 11.5 Å². The largest absolute Gasteiger partial charge is 0.508 e.